The molecule has 2 heterocycles. The molecule has 10 nitrogen and oxygen atoms in total. The van der Waals surface area contributed by atoms with Crippen LogP contribution in [-0.4, -0.2) is 69.9 Å². The lowest BCUT2D eigenvalue weighted by molar-refractivity contribution is -0.131. The van der Waals surface area contributed by atoms with Crippen molar-refractivity contribution in [3.05, 3.63) is 30.3 Å². The molecule has 1 saturated heterocycles. The Morgan fingerprint density at radius 1 is 1.19 bits per heavy atom. The number of benzene rings is 2. The number of carbonyl (C=O) groups is 1. The number of amides is 1. The van der Waals surface area contributed by atoms with Gasteiger partial charge in [-0.25, -0.2) is 4.98 Å². The number of nitrogens with two attached hydrogens (primary N) is 2. The summed E-state index contributed by atoms with van der Waals surface area (Å²) in [7, 11) is 1.42. The third kappa shape index (κ3) is 5.48. The number of rotatable bonds is 8. The van der Waals surface area contributed by atoms with Crippen molar-refractivity contribution in [2.24, 2.45) is 11.5 Å². The third-order valence-electron chi connectivity index (χ3n) is 6.55. The van der Waals surface area contributed by atoms with Crippen molar-refractivity contribution in [3.8, 4) is 41.0 Å². The number of phenolic OH excluding ortho intramolecular Hbond substituents is 2. The fraction of sp³-hybridized carbons (Fsp3) is 0.385. The number of H-pyrrole nitrogens is 1. The monoisotopic (exact) mass is 492 g/mol. The average Bonchev–Trinajstić information content (AvgIpc) is 3.31. The maximum Gasteiger partial charge on any atom is 0.222 e. The van der Waals surface area contributed by atoms with Gasteiger partial charge in [0.1, 0.15) is 5.82 Å². The summed E-state index contributed by atoms with van der Waals surface area (Å²) in [6.07, 6.45) is 6.97. The van der Waals surface area contributed by atoms with Crippen LogP contribution in [0.2, 0.25) is 0 Å². The number of aromatic nitrogens is 2. The number of anilines is 1. The number of methoxy groups -OCH3 is 1. The molecule has 7 N–H and O–H groups in total. The van der Waals surface area contributed by atoms with Crippen LogP contribution in [0, 0.1) is 12.3 Å². The second-order valence-corrected chi connectivity index (χ2v) is 9.14. The molecule has 36 heavy (non-hydrogen) atoms. The van der Waals surface area contributed by atoms with E-state index in [9.17, 15) is 15.0 Å². The summed E-state index contributed by atoms with van der Waals surface area (Å²) in [4.78, 5) is 24.6. The molecule has 0 aliphatic carbocycles. The number of phenols is 2. The highest BCUT2D eigenvalue weighted by atomic mass is 16.5. The van der Waals surface area contributed by atoms with E-state index < -0.39 is 5.66 Å². The van der Waals surface area contributed by atoms with Crippen LogP contribution in [0.5, 0.6) is 17.2 Å². The number of hydrogen-bond donors (Lipinski definition) is 5. The van der Waals surface area contributed by atoms with Crippen LogP contribution in [0.1, 0.15) is 25.7 Å². The van der Waals surface area contributed by atoms with Crippen molar-refractivity contribution >= 4 is 22.6 Å². The standard InChI is InChI=1S/C26H32N6O4/c1-3-4-8-26(27,28)9-7-23(34)32-12-10-31(11-13-32)18-5-6-19-20(16-18)30-25(29-19)17-14-21(33)24(35)22(15-17)36-2/h1,5-6,14-16,33,35H,4,7-13,27-28H2,2H3,(H,29,30). The van der Waals surface area contributed by atoms with Crippen molar-refractivity contribution in [1.82, 2.24) is 14.9 Å². The number of fused-ring (bicyclic) bond motifs is 1. The highest BCUT2D eigenvalue weighted by Crippen LogP contribution is 2.39. The summed E-state index contributed by atoms with van der Waals surface area (Å²) in [6.45, 7) is 2.64. The minimum atomic E-state index is -0.924. The topological polar surface area (TPSA) is 154 Å². The molecule has 190 valence electrons. The molecular formula is C26H32N6O4. The second kappa shape index (κ2) is 10.4. The van der Waals surface area contributed by atoms with Crippen LogP contribution in [-0.2, 0) is 4.79 Å². The molecule has 1 amide bonds. The van der Waals surface area contributed by atoms with Gasteiger partial charge in [0.25, 0.3) is 0 Å². The molecule has 0 atom stereocenters. The van der Waals surface area contributed by atoms with Gasteiger partial charge in [0.2, 0.25) is 11.7 Å². The number of carbonyl (C=O) groups excluding carboxylic acids is 1. The number of terminal acetylenes is 1. The number of piperazine rings is 1. The fourth-order valence-corrected chi connectivity index (χ4v) is 4.36. The molecule has 0 spiro atoms. The van der Waals surface area contributed by atoms with E-state index in [4.69, 9.17) is 22.6 Å². The van der Waals surface area contributed by atoms with Gasteiger partial charge >= 0.3 is 0 Å². The Morgan fingerprint density at radius 2 is 1.94 bits per heavy atom. The molecule has 2 aromatic carbocycles. The first-order valence-corrected chi connectivity index (χ1v) is 11.8. The molecule has 1 aliphatic rings. The van der Waals surface area contributed by atoms with Crippen molar-refractivity contribution in [2.45, 2.75) is 31.3 Å². The minimum Gasteiger partial charge on any atom is -0.504 e. The Morgan fingerprint density at radius 3 is 2.64 bits per heavy atom. The summed E-state index contributed by atoms with van der Waals surface area (Å²) >= 11 is 0. The molecule has 3 aromatic rings. The van der Waals surface area contributed by atoms with Crippen molar-refractivity contribution in [2.75, 3.05) is 38.2 Å². The van der Waals surface area contributed by atoms with Gasteiger partial charge in [-0.3, -0.25) is 4.79 Å². The fourth-order valence-electron chi connectivity index (χ4n) is 4.36. The first-order valence-electron chi connectivity index (χ1n) is 11.8. The van der Waals surface area contributed by atoms with Gasteiger partial charge < -0.3 is 41.2 Å². The van der Waals surface area contributed by atoms with E-state index in [0.717, 1.165) is 16.7 Å². The van der Waals surface area contributed by atoms with E-state index in [1.54, 1.807) is 6.07 Å². The van der Waals surface area contributed by atoms with Crippen molar-refractivity contribution < 1.29 is 19.7 Å². The predicted octanol–water partition coefficient (Wildman–Crippen LogP) is 2.11. The summed E-state index contributed by atoms with van der Waals surface area (Å²) in [6, 6.07) is 8.99. The third-order valence-corrected chi connectivity index (χ3v) is 6.55. The number of hydrogen-bond acceptors (Lipinski definition) is 8. The quantitative estimate of drug-likeness (QED) is 0.182. The van der Waals surface area contributed by atoms with E-state index in [1.165, 1.54) is 13.2 Å². The van der Waals surface area contributed by atoms with Gasteiger partial charge in [0.05, 0.1) is 23.8 Å². The zero-order valence-electron chi connectivity index (χ0n) is 20.3. The molecule has 1 aliphatic heterocycles. The molecule has 1 fully saturated rings. The van der Waals surface area contributed by atoms with Crippen LogP contribution in [0.4, 0.5) is 5.69 Å². The zero-order chi connectivity index (χ0) is 25.9. The molecule has 10 heteroatoms. The van der Waals surface area contributed by atoms with Crippen LogP contribution >= 0.6 is 0 Å². The van der Waals surface area contributed by atoms with Crippen LogP contribution in [0.15, 0.2) is 30.3 Å². The average molecular weight is 493 g/mol. The predicted molar refractivity (Wildman–Crippen MR) is 139 cm³/mol. The Hall–Kier alpha value is -3.94. The smallest absolute Gasteiger partial charge is 0.222 e. The maximum atomic E-state index is 12.7. The first-order chi connectivity index (χ1) is 17.2. The molecule has 0 radical (unpaired) electrons. The molecular weight excluding hydrogens is 460 g/mol. The highest BCUT2D eigenvalue weighted by molar-refractivity contribution is 5.83. The number of nitrogens with zero attached hydrogens (tertiary/aromatic N) is 3. The molecule has 0 saturated carbocycles. The molecule has 4 rings (SSSR count). The Kier molecular flexibility index (Phi) is 7.24. The Bertz CT molecular complexity index is 1290. The first kappa shape index (κ1) is 25.2. The lowest BCUT2D eigenvalue weighted by Gasteiger charge is -2.36. The SMILES string of the molecule is C#CCCC(N)(N)CCC(=O)N1CCN(c2ccc3nc(-c4cc(O)c(O)c(OC)c4)[nH]c3c2)CC1. The Labute approximate surface area is 209 Å². The number of aromatic amines is 1. The highest BCUT2D eigenvalue weighted by Gasteiger charge is 2.25. The van der Waals surface area contributed by atoms with Crippen LogP contribution < -0.4 is 21.1 Å². The number of aromatic hydroxyl groups is 2. The summed E-state index contributed by atoms with van der Waals surface area (Å²) < 4.78 is 5.13. The van der Waals surface area contributed by atoms with Gasteiger partial charge in [0.15, 0.2) is 11.5 Å². The maximum absolute atomic E-state index is 12.7. The van der Waals surface area contributed by atoms with Gasteiger partial charge in [0, 0.05) is 50.3 Å². The van der Waals surface area contributed by atoms with E-state index in [1.807, 2.05) is 23.1 Å². The van der Waals surface area contributed by atoms with Crippen molar-refractivity contribution in [1.29, 1.82) is 0 Å². The van der Waals surface area contributed by atoms with Gasteiger partial charge in [-0.1, -0.05) is 0 Å². The van der Waals surface area contributed by atoms with Crippen molar-refractivity contribution in [3.63, 3.8) is 0 Å². The lowest BCUT2D eigenvalue weighted by Crippen LogP contribution is -2.52. The second-order valence-electron chi connectivity index (χ2n) is 9.14. The summed E-state index contributed by atoms with van der Waals surface area (Å²) in [5, 5.41) is 19.9. The minimum absolute atomic E-state index is 0.0527. The molecule has 1 aromatic heterocycles. The molecule has 0 bridgehead atoms. The van der Waals surface area contributed by atoms with E-state index in [-0.39, 0.29) is 23.2 Å². The number of imidazole rings is 1. The normalized spacial score (nSPS) is 14.2. The molecule has 0 unspecified atom stereocenters. The number of ether oxygens (including phenoxy) is 1. The van der Waals surface area contributed by atoms with E-state index in [0.29, 0.717) is 63.3 Å². The zero-order valence-corrected chi connectivity index (χ0v) is 20.3. The van der Waals surface area contributed by atoms with Crippen LogP contribution in [0.3, 0.4) is 0 Å². The summed E-state index contributed by atoms with van der Waals surface area (Å²) in [5.74, 6) is 2.70. The van der Waals surface area contributed by atoms with Gasteiger partial charge in [-0.2, -0.15) is 0 Å². The number of nitrogens with one attached hydrogen (secondary N) is 1. The van der Waals surface area contributed by atoms with Crippen LogP contribution in [0.25, 0.3) is 22.4 Å². The van der Waals surface area contributed by atoms with Gasteiger partial charge in [-0.15, -0.1) is 12.3 Å². The van der Waals surface area contributed by atoms with E-state index >= 15 is 0 Å². The summed E-state index contributed by atoms with van der Waals surface area (Å²) in [5.41, 5.74) is 14.4. The van der Waals surface area contributed by atoms with E-state index in [2.05, 4.69) is 20.8 Å². The Balaban J connectivity index is 1.40. The largest absolute Gasteiger partial charge is 0.504 e. The van der Waals surface area contributed by atoms with Gasteiger partial charge in [-0.05, 0) is 43.2 Å². The lowest BCUT2D eigenvalue weighted by atomic mass is 9.99.